The third kappa shape index (κ3) is 4.59. The van der Waals surface area contributed by atoms with E-state index in [0.29, 0.717) is 31.7 Å². The van der Waals surface area contributed by atoms with Crippen molar-refractivity contribution >= 4 is 28.8 Å². The standard InChI is InChI=1S/C18H23N5O2S/c19-7-6-16-21-15(13-26-16)18(25)20-12-17(24)23-10-8-22(9-11-23)14-4-2-1-3-5-14/h1-5,13H,6-12,19H2,(H,20,25). The van der Waals surface area contributed by atoms with Crippen molar-refractivity contribution in [2.24, 2.45) is 5.73 Å². The van der Waals surface area contributed by atoms with Gasteiger partial charge in [0.2, 0.25) is 5.91 Å². The molecule has 2 aromatic rings. The van der Waals surface area contributed by atoms with Gasteiger partial charge in [0.05, 0.1) is 11.6 Å². The van der Waals surface area contributed by atoms with E-state index in [0.717, 1.165) is 18.1 Å². The van der Waals surface area contributed by atoms with Gasteiger partial charge in [-0.25, -0.2) is 4.98 Å². The number of para-hydroxylation sites is 1. The van der Waals surface area contributed by atoms with Crippen LogP contribution in [0, 0.1) is 0 Å². The third-order valence-corrected chi connectivity index (χ3v) is 5.21. The molecule has 3 rings (SSSR count). The van der Waals surface area contributed by atoms with Gasteiger partial charge >= 0.3 is 0 Å². The summed E-state index contributed by atoms with van der Waals surface area (Å²) in [5.41, 5.74) is 7.00. The first kappa shape index (κ1) is 18.3. The molecule has 0 radical (unpaired) electrons. The molecule has 1 aliphatic heterocycles. The summed E-state index contributed by atoms with van der Waals surface area (Å²) in [6, 6.07) is 10.2. The smallest absolute Gasteiger partial charge is 0.271 e. The number of nitrogens with two attached hydrogens (primary N) is 1. The van der Waals surface area contributed by atoms with E-state index in [4.69, 9.17) is 5.73 Å². The quantitative estimate of drug-likeness (QED) is 0.779. The molecule has 1 aromatic heterocycles. The van der Waals surface area contributed by atoms with Gasteiger partial charge in [0.15, 0.2) is 0 Å². The Morgan fingerprint density at radius 3 is 2.58 bits per heavy atom. The molecule has 1 fully saturated rings. The normalized spacial score (nSPS) is 14.3. The Morgan fingerprint density at radius 1 is 1.15 bits per heavy atom. The molecule has 0 aliphatic carbocycles. The van der Waals surface area contributed by atoms with Gasteiger partial charge in [-0.05, 0) is 18.7 Å². The molecule has 2 heterocycles. The Bertz CT molecular complexity index is 741. The molecule has 0 saturated carbocycles. The van der Waals surface area contributed by atoms with Gasteiger partial charge in [-0.15, -0.1) is 11.3 Å². The van der Waals surface area contributed by atoms with Crippen molar-refractivity contribution in [2.75, 3.05) is 44.2 Å². The number of anilines is 1. The molecule has 0 spiro atoms. The van der Waals surface area contributed by atoms with Gasteiger partial charge in [-0.2, -0.15) is 0 Å². The van der Waals surface area contributed by atoms with E-state index < -0.39 is 0 Å². The lowest BCUT2D eigenvalue weighted by atomic mass is 10.2. The molecule has 26 heavy (non-hydrogen) atoms. The topological polar surface area (TPSA) is 91.6 Å². The summed E-state index contributed by atoms with van der Waals surface area (Å²) in [6.07, 6.45) is 0.655. The molecule has 1 saturated heterocycles. The van der Waals surface area contributed by atoms with Crippen LogP contribution >= 0.6 is 11.3 Å². The number of hydrogen-bond acceptors (Lipinski definition) is 6. The summed E-state index contributed by atoms with van der Waals surface area (Å²) in [7, 11) is 0. The highest BCUT2D eigenvalue weighted by molar-refractivity contribution is 7.09. The number of nitrogens with zero attached hydrogens (tertiary/aromatic N) is 3. The van der Waals surface area contributed by atoms with Crippen LogP contribution in [0.3, 0.4) is 0 Å². The molecule has 0 atom stereocenters. The van der Waals surface area contributed by atoms with Crippen LogP contribution in [0.15, 0.2) is 35.7 Å². The number of nitrogens with one attached hydrogen (secondary N) is 1. The molecule has 7 nitrogen and oxygen atoms in total. The van der Waals surface area contributed by atoms with Gasteiger partial charge in [0.25, 0.3) is 5.91 Å². The van der Waals surface area contributed by atoms with Crippen LogP contribution in [0.5, 0.6) is 0 Å². The molecule has 1 aliphatic rings. The van der Waals surface area contributed by atoms with Crippen molar-refractivity contribution in [2.45, 2.75) is 6.42 Å². The monoisotopic (exact) mass is 373 g/mol. The lowest BCUT2D eigenvalue weighted by Gasteiger charge is -2.36. The Labute approximate surface area is 156 Å². The molecule has 138 valence electrons. The SMILES string of the molecule is NCCc1nc(C(=O)NCC(=O)N2CCN(c3ccccc3)CC2)cs1. The van der Waals surface area contributed by atoms with E-state index >= 15 is 0 Å². The lowest BCUT2D eigenvalue weighted by Crippen LogP contribution is -2.51. The van der Waals surface area contributed by atoms with E-state index in [1.54, 1.807) is 10.3 Å². The Hall–Kier alpha value is -2.45. The molecule has 0 bridgehead atoms. The number of amides is 2. The van der Waals surface area contributed by atoms with Crippen molar-refractivity contribution in [1.29, 1.82) is 0 Å². The Kier molecular flexibility index (Phi) is 6.19. The van der Waals surface area contributed by atoms with Gasteiger partial charge in [0, 0.05) is 43.7 Å². The van der Waals surface area contributed by atoms with Crippen molar-refractivity contribution in [3.8, 4) is 0 Å². The summed E-state index contributed by atoms with van der Waals surface area (Å²) < 4.78 is 0. The average molecular weight is 373 g/mol. The maximum Gasteiger partial charge on any atom is 0.271 e. The number of piperazine rings is 1. The van der Waals surface area contributed by atoms with Crippen LogP contribution < -0.4 is 16.0 Å². The molecule has 0 unspecified atom stereocenters. The van der Waals surface area contributed by atoms with E-state index in [9.17, 15) is 9.59 Å². The predicted octanol–water partition coefficient (Wildman–Crippen LogP) is 0.723. The summed E-state index contributed by atoms with van der Waals surface area (Å²) >= 11 is 1.41. The van der Waals surface area contributed by atoms with Crippen molar-refractivity contribution in [1.82, 2.24) is 15.2 Å². The fourth-order valence-electron chi connectivity index (χ4n) is 2.86. The first-order valence-electron chi connectivity index (χ1n) is 8.68. The predicted molar refractivity (Wildman–Crippen MR) is 102 cm³/mol. The summed E-state index contributed by atoms with van der Waals surface area (Å²) in [6.45, 7) is 3.38. The fraction of sp³-hybridized carbons (Fsp3) is 0.389. The number of carbonyl (C=O) groups excluding carboxylic acids is 2. The zero-order valence-corrected chi connectivity index (χ0v) is 15.4. The highest BCUT2D eigenvalue weighted by Gasteiger charge is 2.22. The van der Waals surface area contributed by atoms with Crippen molar-refractivity contribution < 1.29 is 9.59 Å². The summed E-state index contributed by atoms with van der Waals surface area (Å²) in [5.74, 6) is -0.385. The van der Waals surface area contributed by atoms with Crippen LogP contribution in [0.4, 0.5) is 5.69 Å². The van der Waals surface area contributed by atoms with Crippen molar-refractivity contribution in [3.05, 3.63) is 46.4 Å². The average Bonchev–Trinajstić information content (AvgIpc) is 3.16. The lowest BCUT2D eigenvalue weighted by molar-refractivity contribution is -0.130. The maximum absolute atomic E-state index is 12.3. The molecule has 1 aromatic carbocycles. The Balaban J connectivity index is 1.44. The number of rotatable bonds is 6. The largest absolute Gasteiger partial charge is 0.368 e. The maximum atomic E-state index is 12.3. The van der Waals surface area contributed by atoms with Gasteiger partial charge in [-0.1, -0.05) is 18.2 Å². The molecule has 3 N–H and O–H groups in total. The zero-order chi connectivity index (χ0) is 18.4. The molecular weight excluding hydrogens is 350 g/mol. The minimum Gasteiger partial charge on any atom is -0.368 e. The number of thiazole rings is 1. The molecular formula is C18H23N5O2S. The fourth-order valence-corrected chi connectivity index (χ4v) is 3.66. The van der Waals surface area contributed by atoms with Crippen LogP contribution in [0.1, 0.15) is 15.5 Å². The minimum absolute atomic E-state index is 0.00603. The first-order valence-corrected chi connectivity index (χ1v) is 9.56. The van der Waals surface area contributed by atoms with Crippen LogP contribution in [0.2, 0.25) is 0 Å². The number of aromatic nitrogens is 1. The second-order valence-electron chi connectivity index (χ2n) is 6.05. The zero-order valence-electron chi connectivity index (χ0n) is 14.6. The highest BCUT2D eigenvalue weighted by Crippen LogP contribution is 2.15. The van der Waals surface area contributed by atoms with Crippen molar-refractivity contribution in [3.63, 3.8) is 0 Å². The van der Waals surface area contributed by atoms with E-state index in [1.165, 1.54) is 17.0 Å². The second-order valence-corrected chi connectivity index (χ2v) is 6.99. The molecule has 2 amide bonds. The van der Waals surface area contributed by atoms with Crippen LogP contribution in [-0.4, -0.2) is 61.0 Å². The van der Waals surface area contributed by atoms with Gasteiger partial charge < -0.3 is 20.9 Å². The van der Waals surface area contributed by atoms with Gasteiger partial charge in [-0.3, -0.25) is 9.59 Å². The summed E-state index contributed by atoms with van der Waals surface area (Å²) in [5, 5.41) is 5.20. The Morgan fingerprint density at radius 2 is 1.88 bits per heavy atom. The van der Waals surface area contributed by atoms with Crippen LogP contribution in [0.25, 0.3) is 0 Å². The van der Waals surface area contributed by atoms with E-state index in [-0.39, 0.29) is 18.4 Å². The minimum atomic E-state index is -0.319. The number of carbonyl (C=O) groups is 2. The van der Waals surface area contributed by atoms with E-state index in [2.05, 4.69) is 27.3 Å². The summed E-state index contributed by atoms with van der Waals surface area (Å²) in [4.78, 5) is 32.7. The second kappa shape index (κ2) is 8.77. The number of hydrogen-bond donors (Lipinski definition) is 2. The first-order chi connectivity index (χ1) is 12.7. The third-order valence-electron chi connectivity index (χ3n) is 4.30. The van der Waals surface area contributed by atoms with Crippen LogP contribution in [-0.2, 0) is 11.2 Å². The van der Waals surface area contributed by atoms with E-state index in [1.807, 2.05) is 18.2 Å². The number of benzene rings is 1. The molecule has 8 heteroatoms. The highest BCUT2D eigenvalue weighted by atomic mass is 32.1. The van der Waals surface area contributed by atoms with Gasteiger partial charge in [0.1, 0.15) is 5.69 Å².